The zero-order valence-electron chi connectivity index (χ0n) is 7.09. The molecule has 0 fully saturated rings. The molecule has 74 valence electrons. The Hall–Kier alpha value is -0.970. The summed E-state index contributed by atoms with van der Waals surface area (Å²) in [6.07, 6.45) is -1.67. The second-order valence-corrected chi connectivity index (χ2v) is 3.35. The van der Waals surface area contributed by atoms with Crippen molar-refractivity contribution < 1.29 is 13.5 Å². The van der Waals surface area contributed by atoms with Gasteiger partial charge in [-0.25, -0.2) is 13.8 Å². The van der Waals surface area contributed by atoms with Crippen molar-refractivity contribution in [2.24, 2.45) is 0 Å². The Morgan fingerprint density at radius 2 is 2.29 bits per heavy atom. The molecule has 14 heavy (non-hydrogen) atoms. The van der Waals surface area contributed by atoms with E-state index in [9.17, 15) is 8.78 Å². The highest BCUT2D eigenvalue weighted by atomic mass is 127. The van der Waals surface area contributed by atoms with E-state index in [1.165, 1.54) is 7.11 Å². The number of nitrogens with zero attached hydrogens (tertiary/aromatic N) is 2. The Morgan fingerprint density at radius 1 is 1.64 bits per heavy atom. The van der Waals surface area contributed by atoms with Gasteiger partial charge in [-0.05, 0) is 22.6 Å². The van der Waals surface area contributed by atoms with E-state index in [0.29, 0.717) is 3.70 Å². The van der Waals surface area contributed by atoms with Gasteiger partial charge in [-0.1, -0.05) is 0 Å². The van der Waals surface area contributed by atoms with Crippen molar-refractivity contribution in [3.63, 3.8) is 0 Å². The number of methoxy groups -OCH3 is 1. The summed E-state index contributed by atoms with van der Waals surface area (Å²) in [6, 6.07) is 1.78. The summed E-state index contributed by atoms with van der Waals surface area (Å²) in [6.45, 7) is 0. The number of pyridine rings is 1. The molecule has 1 aromatic rings. The Morgan fingerprint density at radius 3 is 2.71 bits per heavy atom. The van der Waals surface area contributed by atoms with E-state index in [1.807, 2.05) is 0 Å². The first-order valence-electron chi connectivity index (χ1n) is 3.52. The maximum Gasteiger partial charge on any atom is 0.268 e. The molecule has 0 aromatic carbocycles. The van der Waals surface area contributed by atoms with Crippen LogP contribution in [0.2, 0.25) is 0 Å². The Bertz CT molecular complexity index is 390. The highest BCUT2D eigenvalue weighted by molar-refractivity contribution is 14.1. The summed E-state index contributed by atoms with van der Waals surface area (Å²) in [5, 5.41) is 8.72. The van der Waals surface area contributed by atoms with Gasteiger partial charge in [-0.3, -0.25) is 0 Å². The minimum atomic E-state index is -2.69. The predicted octanol–water partition coefficient (Wildman–Crippen LogP) is 2.50. The van der Waals surface area contributed by atoms with Crippen LogP contribution >= 0.6 is 22.6 Å². The van der Waals surface area contributed by atoms with Crippen LogP contribution in [0.5, 0.6) is 5.75 Å². The van der Waals surface area contributed by atoms with Crippen LogP contribution in [0.4, 0.5) is 8.78 Å². The lowest BCUT2D eigenvalue weighted by atomic mass is 10.2. The van der Waals surface area contributed by atoms with Gasteiger partial charge in [0.25, 0.3) is 6.43 Å². The van der Waals surface area contributed by atoms with Crippen LogP contribution in [-0.2, 0) is 0 Å². The van der Waals surface area contributed by atoms with Crippen molar-refractivity contribution in [2.75, 3.05) is 7.11 Å². The molecule has 0 bridgehead atoms. The number of hydrogen-bond acceptors (Lipinski definition) is 3. The molecule has 0 aliphatic carbocycles. The van der Waals surface area contributed by atoms with Crippen molar-refractivity contribution in [3.05, 3.63) is 21.0 Å². The van der Waals surface area contributed by atoms with Gasteiger partial charge < -0.3 is 4.74 Å². The van der Waals surface area contributed by atoms with Gasteiger partial charge in [-0.2, -0.15) is 5.26 Å². The van der Waals surface area contributed by atoms with Crippen molar-refractivity contribution in [1.29, 1.82) is 5.26 Å². The number of rotatable bonds is 2. The monoisotopic (exact) mass is 310 g/mol. The molecule has 1 heterocycles. The van der Waals surface area contributed by atoms with E-state index in [0.717, 1.165) is 6.20 Å². The van der Waals surface area contributed by atoms with Crippen LogP contribution in [0.3, 0.4) is 0 Å². The average molecular weight is 310 g/mol. The van der Waals surface area contributed by atoms with E-state index in [1.54, 1.807) is 28.7 Å². The third-order valence-electron chi connectivity index (χ3n) is 1.56. The summed E-state index contributed by atoms with van der Waals surface area (Å²) >= 11 is 1.79. The van der Waals surface area contributed by atoms with Crippen molar-refractivity contribution in [3.8, 4) is 11.8 Å². The van der Waals surface area contributed by atoms with E-state index >= 15 is 0 Å². The topological polar surface area (TPSA) is 45.9 Å². The largest absolute Gasteiger partial charge is 0.495 e. The van der Waals surface area contributed by atoms with Crippen LogP contribution < -0.4 is 4.74 Å². The molecule has 0 unspecified atom stereocenters. The molecular weight excluding hydrogens is 305 g/mol. The molecule has 1 rings (SSSR count). The molecule has 0 aliphatic rings. The first-order valence-corrected chi connectivity index (χ1v) is 4.60. The molecule has 0 atom stereocenters. The summed E-state index contributed by atoms with van der Waals surface area (Å²) in [4.78, 5) is 3.68. The molecule has 6 heteroatoms. The van der Waals surface area contributed by atoms with Gasteiger partial charge in [-0.15, -0.1) is 0 Å². The van der Waals surface area contributed by atoms with Gasteiger partial charge >= 0.3 is 0 Å². The fourth-order valence-corrected chi connectivity index (χ4v) is 1.46. The SMILES string of the molecule is COc1c(C(F)F)cnc(I)c1C#N. The third kappa shape index (κ3) is 1.92. The fourth-order valence-electron chi connectivity index (χ4n) is 0.960. The lowest BCUT2D eigenvalue weighted by Gasteiger charge is -2.09. The Balaban J connectivity index is 3.42. The summed E-state index contributed by atoms with van der Waals surface area (Å²) in [5.41, 5.74) is -0.310. The smallest absolute Gasteiger partial charge is 0.268 e. The van der Waals surface area contributed by atoms with Crippen molar-refractivity contribution in [2.45, 2.75) is 6.43 Å². The number of halogens is 3. The van der Waals surface area contributed by atoms with E-state index in [4.69, 9.17) is 10.00 Å². The fraction of sp³-hybridized carbons (Fsp3) is 0.250. The lowest BCUT2D eigenvalue weighted by molar-refractivity contribution is 0.146. The second kappa shape index (κ2) is 4.50. The van der Waals surface area contributed by atoms with Gasteiger partial charge in [0, 0.05) is 6.20 Å². The molecule has 0 saturated heterocycles. The second-order valence-electron chi connectivity index (χ2n) is 2.33. The molecule has 0 saturated carbocycles. The number of aromatic nitrogens is 1. The Labute approximate surface area is 92.8 Å². The maximum atomic E-state index is 12.4. The molecule has 0 N–H and O–H groups in total. The highest BCUT2D eigenvalue weighted by Gasteiger charge is 2.20. The standard InChI is InChI=1S/C8H5F2IN2O/c1-14-6-4(2-12)8(11)13-3-5(6)7(9)10/h3,7H,1H3. The third-order valence-corrected chi connectivity index (χ3v) is 2.38. The molecule has 0 radical (unpaired) electrons. The van der Waals surface area contributed by atoms with E-state index in [-0.39, 0.29) is 16.9 Å². The molecule has 3 nitrogen and oxygen atoms in total. The summed E-state index contributed by atoms with van der Waals surface area (Å²) < 4.78 is 30.0. The predicted molar refractivity (Wildman–Crippen MR) is 53.2 cm³/mol. The van der Waals surface area contributed by atoms with Gasteiger partial charge in [0.05, 0.1) is 12.7 Å². The van der Waals surface area contributed by atoms with Crippen LogP contribution in [0.15, 0.2) is 6.20 Å². The van der Waals surface area contributed by atoms with Gasteiger partial charge in [0.1, 0.15) is 21.1 Å². The van der Waals surface area contributed by atoms with E-state index < -0.39 is 6.43 Å². The van der Waals surface area contributed by atoms with E-state index in [2.05, 4.69) is 4.98 Å². The first-order chi connectivity index (χ1) is 6.61. The molecular formula is C8H5F2IN2O. The summed E-state index contributed by atoms with van der Waals surface area (Å²) in [5.74, 6) is -0.0955. The molecule has 0 spiro atoms. The number of alkyl halides is 2. The van der Waals surface area contributed by atoms with Gasteiger partial charge in [0.2, 0.25) is 0 Å². The maximum absolute atomic E-state index is 12.4. The van der Waals surface area contributed by atoms with Crippen molar-refractivity contribution >= 4 is 22.6 Å². The molecule has 0 aliphatic heterocycles. The van der Waals surface area contributed by atoms with Gasteiger partial charge in [0.15, 0.2) is 0 Å². The van der Waals surface area contributed by atoms with Crippen LogP contribution in [0.1, 0.15) is 17.6 Å². The summed E-state index contributed by atoms with van der Waals surface area (Å²) in [7, 11) is 1.25. The minimum absolute atomic E-state index is 0.0471. The number of ether oxygens (including phenoxy) is 1. The minimum Gasteiger partial charge on any atom is -0.495 e. The van der Waals surface area contributed by atoms with Crippen LogP contribution in [0.25, 0.3) is 0 Å². The van der Waals surface area contributed by atoms with Crippen LogP contribution in [0, 0.1) is 15.0 Å². The van der Waals surface area contributed by atoms with Crippen LogP contribution in [-0.4, -0.2) is 12.1 Å². The molecule has 0 amide bonds. The lowest BCUT2D eigenvalue weighted by Crippen LogP contribution is -2.00. The number of hydrogen-bond donors (Lipinski definition) is 0. The average Bonchev–Trinajstić information content (AvgIpc) is 2.16. The first kappa shape index (κ1) is 11.1. The normalized spacial score (nSPS) is 10.0. The zero-order valence-corrected chi connectivity index (χ0v) is 9.25. The molecule has 1 aromatic heterocycles. The zero-order chi connectivity index (χ0) is 10.7. The van der Waals surface area contributed by atoms with Crippen molar-refractivity contribution in [1.82, 2.24) is 4.98 Å². The number of nitriles is 1. The highest BCUT2D eigenvalue weighted by Crippen LogP contribution is 2.32. The Kier molecular flexibility index (Phi) is 3.57. The quantitative estimate of drug-likeness (QED) is 0.623.